The maximum atomic E-state index is 12.3. The van der Waals surface area contributed by atoms with Crippen molar-refractivity contribution >= 4 is 15.7 Å². The minimum Gasteiger partial charge on any atom is -0.258 e. The summed E-state index contributed by atoms with van der Waals surface area (Å²) in [5.74, 6) is 0. The Kier molecular flexibility index (Phi) is 3.86. The molecule has 19 heavy (non-hydrogen) atoms. The summed E-state index contributed by atoms with van der Waals surface area (Å²) >= 11 is 0. The van der Waals surface area contributed by atoms with Crippen molar-refractivity contribution in [1.82, 2.24) is 4.72 Å². The molecule has 0 spiro atoms. The first kappa shape index (κ1) is 14.0. The highest BCUT2D eigenvalue weighted by molar-refractivity contribution is 7.89. The summed E-state index contributed by atoms with van der Waals surface area (Å²) < 4.78 is 27.1. The summed E-state index contributed by atoms with van der Waals surface area (Å²) in [6.07, 6.45) is 3.68. The van der Waals surface area contributed by atoms with Gasteiger partial charge in [0, 0.05) is 17.7 Å². The highest BCUT2D eigenvalue weighted by atomic mass is 32.2. The third-order valence-corrected chi connectivity index (χ3v) is 5.08. The number of hydrogen-bond donors (Lipinski definition) is 1. The van der Waals surface area contributed by atoms with Gasteiger partial charge in [-0.3, -0.25) is 10.1 Å². The lowest BCUT2D eigenvalue weighted by molar-refractivity contribution is -0.385. The molecule has 0 aliphatic heterocycles. The minimum atomic E-state index is -3.68. The Bertz CT molecular complexity index is 592. The molecular weight excluding hydrogens is 268 g/mol. The van der Waals surface area contributed by atoms with Gasteiger partial charge in [0.2, 0.25) is 10.0 Å². The van der Waals surface area contributed by atoms with Crippen molar-refractivity contribution in [2.75, 3.05) is 0 Å². The smallest absolute Gasteiger partial charge is 0.258 e. The maximum Gasteiger partial charge on any atom is 0.273 e. The average molecular weight is 284 g/mol. The fourth-order valence-electron chi connectivity index (χ4n) is 2.42. The first-order valence-electron chi connectivity index (χ1n) is 6.18. The van der Waals surface area contributed by atoms with Crippen molar-refractivity contribution in [2.45, 2.75) is 43.5 Å². The molecule has 1 fully saturated rings. The van der Waals surface area contributed by atoms with Crippen molar-refractivity contribution in [2.24, 2.45) is 0 Å². The van der Waals surface area contributed by atoms with Gasteiger partial charge < -0.3 is 0 Å². The Morgan fingerprint density at radius 1 is 1.32 bits per heavy atom. The van der Waals surface area contributed by atoms with Gasteiger partial charge in [0.05, 0.1) is 9.82 Å². The average Bonchev–Trinajstić information content (AvgIpc) is 2.80. The molecule has 1 N–H and O–H groups in total. The van der Waals surface area contributed by atoms with Gasteiger partial charge in [-0.15, -0.1) is 0 Å². The van der Waals surface area contributed by atoms with Gasteiger partial charge >= 0.3 is 0 Å². The van der Waals surface area contributed by atoms with Crippen LogP contribution in [-0.4, -0.2) is 19.4 Å². The molecule has 0 aromatic heterocycles. The molecule has 0 unspecified atom stereocenters. The molecular formula is C12H16N2O4S. The normalized spacial score (nSPS) is 16.7. The largest absolute Gasteiger partial charge is 0.273 e. The molecule has 6 nitrogen and oxygen atoms in total. The predicted molar refractivity (Wildman–Crippen MR) is 70.4 cm³/mol. The van der Waals surface area contributed by atoms with Crippen molar-refractivity contribution < 1.29 is 13.3 Å². The van der Waals surface area contributed by atoms with Crippen LogP contribution in [0.15, 0.2) is 23.1 Å². The van der Waals surface area contributed by atoms with E-state index in [1.807, 2.05) is 0 Å². The molecule has 1 saturated carbocycles. The number of nitro groups is 1. The summed E-state index contributed by atoms with van der Waals surface area (Å²) in [4.78, 5) is 10.3. The Morgan fingerprint density at radius 2 is 1.95 bits per heavy atom. The molecule has 104 valence electrons. The third kappa shape index (κ3) is 2.93. The van der Waals surface area contributed by atoms with E-state index in [0.717, 1.165) is 25.7 Å². The monoisotopic (exact) mass is 284 g/mol. The Balaban J connectivity index is 2.34. The van der Waals surface area contributed by atoms with Crippen LogP contribution < -0.4 is 4.72 Å². The quantitative estimate of drug-likeness (QED) is 0.677. The van der Waals surface area contributed by atoms with Gasteiger partial charge in [-0.05, 0) is 25.8 Å². The van der Waals surface area contributed by atoms with E-state index < -0.39 is 14.9 Å². The molecule has 0 atom stereocenters. The zero-order chi connectivity index (χ0) is 14.0. The lowest BCUT2D eigenvalue weighted by atomic mass is 10.2. The van der Waals surface area contributed by atoms with E-state index in [9.17, 15) is 18.5 Å². The molecule has 0 saturated heterocycles. The van der Waals surface area contributed by atoms with Gasteiger partial charge in [-0.2, -0.15) is 0 Å². The molecule has 1 aromatic rings. The van der Waals surface area contributed by atoms with Crippen LogP contribution in [0.25, 0.3) is 0 Å². The zero-order valence-electron chi connectivity index (χ0n) is 10.6. The predicted octanol–water partition coefficient (Wildman–Crippen LogP) is 2.12. The molecule has 1 aliphatic rings. The molecule has 1 aliphatic carbocycles. The Morgan fingerprint density at radius 3 is 2.53 bits per heavy atom. The summed E-state index contributed by atoms with van der Waals surface area (Å²) in [6.45, 7) is 1.46. The van der Waals surface area contributed by atoms with Gasteiger partial charge in [0.1, 0.15) is 0 Å². The highest BCUT2D eigenvalue weighted by Crippen LogP contribution is 2.26. The molecule has 0 bridgehead atoms. The SMILES string of the molecule is Cc1c([N+](=O)[O-])cccc1S(=O)(=O)NC1CCCC1. The number of nitrogens with one attached hydrogen (secondary N) is 1. The number of rotatable bonds is 4. The number of hydrogen-bond acceptors (Lipinski definition) is 4. The molecule has 7 heteroatoms. The lowest BCUT2D eigenvalue weighted by Crippen LogP contribution is -2.33. The molecule has 0 radical (unpaired) electrons. The van der Waals surface area contributed by atoms with Crippen LogP contribution in [0.1, 0.15) is 31.2 Å². The van der Waals surface area contributed by atoms with Crippen LogP contribution in [0.2, 0.25) is 0 Å². The van der Waals surface area contributed by atoms with Crippen LogP contribution >= 0.6 is 0 Å². The van der Waals surface area contributed by atoms with Gasteiger partial charge in [0.25, 0.3) is 5.69 Å². The van der Waals surface area contributed by atoms with Gasteiger partial charge in [-0.1, -0.05) is 18.9 Å². The standard InChI is InChI=1S/C12H16N2O4S/c1-9-11(14(15)16)7-4-8-12(9)19(17,18)13-10-5-2-3-6-10/h4,7-8,10,13H,2-3,5-6H2,1H3. The molecule has 0 heterocycles. The van der Waals surface area contributed by atoms with Crippen LogP contribution in [0, 0.1) is 17.0 Å². The molecule has 2 rings (SSSR count). The van der Waals surface area contributed by atoms with Gasteiger partial charge in [-0.25, -0.2) is 13.1 Å². The van der Waals surface area contributed by atoms with Crippen LogP contribution in [-0.2, 0) is 10.0 Å². The molecule has 0 amide bonds. The fraction of sp³-hybridized carbons (Fsp3) is 0.500. The van der Waals surface area contributed by atoms with Crippen molar-refractivity contribution in [3.8, 4) is 0 Å². The van der Waals surface area contributed by atoms with Crippen molar-refractivity contribution in [3.05, 3.63) is 33.9 Å². The van der Waals surface area contributed by atoms with E-state index >= 15 is 0 Å². The summed E-state index contributed by atoms with van der Waals surface area (Å²) in [5.41, 5.74) is 0.00675. The van der Waals surface area contributed by atoms with Crippen molar-refractivity contribution in [3.63, 3.8) is 0 Å². The molecule has 1 aromatic carbocycles. The highest BCUT2D eigenvalue weighted by Gasteiger charge is 2.26. The topological polar surface area (TPSA) is 89.3 Å². The second kappa shape index (κ2) is 5.26. The lowest BCUT2D eigenvalue weighted by Gasteiger charge is -2.13. The number of benzene rings is 1. The first-order chi connectivity index (χ1) is 8.92. The second-order valence-electron chi connectivity index (χ2n) is 4.76. The number of sulfonamides is 1. The maximum absolute atomic E-state index is 12.3. The van der Waals surface area contributed by atoms with E-state index in [4.69, 9.17) is 0 Å². The van der Waals surface area contributed by atoms with E-state index in [1.165, 1.54) is 25.1 Å². The second-order valence-corrected chi connectivity index (χ2v) is 6.44. The van der Waals surface area contributed by atoms with E-state index in [0.29, 0.717) is 0 Å². The Labute approximate surface area is 112 Å². The van der Waals surface area contributed by atoms with E-state index in [-0.39, 0.29) is 22.2 Å². The minimum absolute atomic E-state index is 0.00593. The van der Waals surface area contributed by atoms with E-state index in [1.54, 1.807) is 0 Å². The van der Waals surface area contributed by atoms with Crippen LogP contribution in [0.5, 0.6) is 0 Å². The first-order valence-corrected chi connectivity index (χ1v) is 7.66. The van der Waals surface area contributed by atoms with Gasteiger partial charge in [0.15, 0.2) is 0 Å². The van der Waals surface area contributed by atoms with Crippen molar-refractivity contribution in [1.29, 1.82) is 0 Å². The fourth-order valence-corrected chi connectivity index (χ4v) is 3.99. The zero-order valence-corrected chi connectivity index (χ0v) is 11.4. The number of nitro benzene ring substituents is 1. The summed E-state index contributed by atoms with van der Waals surface area (Å²) in [7, 11) is -3.68. The number of nitrogens with zero attached hydrogens (tertiary/aromatic N) is 1. The van der Waals surface area contributed by atoms with Crippen LogP contribution in [0.3, 0.4) is 0 Å². The Hall–Kier alpha value is -1.47. The summed E-state index contributed by atoms with van der Waals surface area (Å²) in [5, 5.41) is 10.8. The third-order valence-electron chi connectivity index (χ3n) is 3.42. The van der Waals surface area contributed by atoms with E-state index in [2.05, 4.69) is 4.72 Å². The van der Waals surface area contributed by atoms with Crippen LogP contribution in [0.4, 0.5) is 5.69 Å². The summed E-state index contributed by atoms with van der Waals surface area (Å²) in [6, 6.07) is 4.06.